The third kappa shape index (κ3) is 30.8. The maximum absolute atomic E-state index is 12.1. The smallest absolute Gasteiger partial charge is 0.306 e. The number of ether oxygens (including phenoxy) is 2. The van der Waals surface area contributed by atoms with E-state index >= 15 is 0 Å². The minimum atomic E-state index is -0.781. The molecule has 0 heterocycles. The maximum atomic E-state index is 12.1. The number of carbonyl (C=O) groups excluding carboxylic acids is 2. The van der Waals surface area contributed by atoms with Crippen molar-refractivity contribution in [2.45, 2.75) is 161 Å². The highest BCUT2D eigenvalue weighted by Gasteiger charge is 2.16. The van der Waals surface area contributed by atoms with Crippen molar-refractivity contribution in [2.24, 2.45) is 0 Å². The minimum Gasteiger partial charge on any atom is -0.462 e. The van der Waals surface area contributed by atoms with E-state index in [4.69, 9.17) is 9.47 Å². The van der Waals surface area contributed by atoms with Gasteiger partial charge >= 0.3 is 11.9 Å². The fourth-order valence-corrected chi connectivity index (χ4v) is 4.50. The largest absolute Gasteiger partial charge is 0.462 e. The Bertz CT molecular complexity index is 722. The van der Waals surface area contributed by atoms with Gasteiger partial charge in [0.15, 0.2) is 6.10 Å². The van der Waals surface area contributed by atoms with Crippen molar-refractivity contribution < 1.29 is 24.2 Å². The van der Waals surface area contributed by atoms with Crippen LogP contribution in [0.25, 0.3) is 0 Å². The van der Waals surface area contributed by atoms with Gasteiger partial charge in [0.05, 0.1) is 6.61 Å². The normalized spacial score (nSPS) is 12.7. The molecule has 5 nitrogen and oxygen atoms in total. The van der Waals surface area contributed by atoms with E-state index in [1.807, 2.05) is 0 Å². The van der Waals surface area contributed by atoms with Crippen molar-refractivity contribution in [3.63, 3.8) is 0 Å². The first-order chi connectivity index (χ1) is 20.6. The van der Waals surface area contributed by atoms with Gasteiger partial charge in [0.1, 0.15) is 6.61 Å². The predicted molar refractivity (Wildman–Crippen MR) is 177 cm³/mol. The van der Waals surface area contributed by atoms with E-state index in [0.717, 1.165) is 77.0 Å². The topological polar surface area (TPSA) is 72.8 Å². The Morgan fingerprint density at radius 2 is 1.02 bits per heavy atom. The van der Waals surface area contributed by atoms with Crippen molar-refractivity contribution in [1.82, 2.24) is 0 Å². The highest BCUT2D eigenvalue weighted by atomic mass is 16.6. The number of rotatable bonds is 30. The number of carbonyl (C=O) groups is 2. The molecular formula is C37H64O5. The maximum Gasteiger partial charge on any atom is 0.306 e. The van der Waals surface area contributed by atoms with E-state index in [1.54, 1.807) is 0 Å². The molecule has 0 fully saturated rings. The Balaban J connectivity index is 3.64. The van der Waals surface area contributed by atoms with Crippen LogP contribution in [0.15, 0.2) is 48.6 Å². The third-order valence-corrected chi connectivity index (χ3v) is 7.11. The van der Waals surface area contributed by atoms with Crippen LogP contribution in [0.3, 0.4) is 0 Å². The summed E-state index contributed by atoms with van der Waals surface area (Å²) in [5.41, 5.74) is 0. The summed E-state index contributed by atoms with van der Waals surface area (Å²) in [6, 6.07) is 0. The number of esters is 2. The van der Waals surface area contributed by atoms with Crippen molar-refractivity contribution >= 4 is 11.9 Å². The van der Waals surface area contributed by atoms with Crippen LogP contribution in [0.2, 0.25) is 0 Å². The molecule has 0 aromatic carbocycles. The van der Waals surface area contributed by atoms with E-state index < -0.39 is 6.10 Å². The first-order valence-electron chi connectivity index (χ1n) is 17.2. The summed E-state index contributed by atoms with van der Waals surface area (Å²) < 4.78 is 10.5. The van der Waals surface area contributed by atoms with Crippen molar-refractivity contribution in [1.29, 1.82) is 0 Å². The molecule has 0 aliphatic heterocycles. The first-order valence-corrected chi connectivity index (χ1v) is 17.2. The molecule has 0 aliphatic rings. The zero-order valence-electron chi connectivity index (χ0n) is 27.2. The molecule has 5 heteroatoms. The zero-order valence-corrected chi connectivity index (χ0v) is 27.2. The van der Waals surface area contributed by atoms with Gasteiger partial charge in [-0.1, -0.05) is 120 Å². The van der Waals surface area contributed by atoms with Crippen LogP contribution in [0.5, 0.6) is 0 Å². The second-order valence-corrected chi connectivity index (χ2v) is 11.2. The molecule has 0 rings (SSSR count). The lowest BCUT2D eigenvalue weighted by Gasteiger charge is -2.15. The summed E-state index contributed by atoms with van der Waals surface area (Å²) in [5, 5.41) is 9.50. The van der Waals surface area contributed by atoms with Gasteiger partial charge in [-0.2, -0.15) is 0 Å². The highest BCUT2D eigenvalue weighted by Crippen LogP contribution is 2.11. The quantitative estimate of drug-likeness (QED) is 0.0513. The second kappa shape index (κ2) is 33.4. The first kappa shape index (κ1) is 39.9. The van der Waals surface area contributed by atoms with E-state index in [1.165, 1.54) is 51.4 Å². The van der Waals surface area contributed by atoms with Crippen LogP contribution in [-0.4, -0.2) is 36.4 Å². The van der Waals surface area contributed by atoms with Crippen molar-refractivity contribution in [2.75, 3.05) is 13.2 Å². The Kier molecular flexibility index (Phi) is 31.7. The Morgan fingerprint density at radius 1 is 0.571 bits per heavy atom. The molecule has 42 heavy (non-hydrogen) atoms. The van der Waals surface area contributed by atoms with Gasteiger partial charge in [-0.3, -0.25) is 9.59 Å². The van der Waals surface area contributed by atoms with Crippen LogP contribution >= 0.6 is 0 Å². The van der Waals surface area contributed by atoms with E-state index in [0.29, 0.717) is 12.8 Å². The Labute approximate surface area is 258 Å². The van der Waals surface area contributed by atoms with Crippen LogP contribution in [-0.2, 0) is 19.1 Å². The molecule has 0 aromatic rings. The molecule has 0 saturated carbocycles. The zero-order chi connectivity index (χ0) is 30.8. The highest BCUT2D eigenvalue weighted by molar-refractivity contribution is 5.70. The summed E-state index contributed by atoms with van der Waals surface area (Å²) >= 11 is 0. The number of allylic oxidation sites excluding steroid dienone is 8. The molecule has 1 unspecified atom stereocenters. The van der Waals surface area contributed by atoms with Crippen molar-refractivity contribution in [3.05, 3.63) is 48.6 Å². The molecule has 1 atom stereocenters. The lowest BCUT2D eigenvalue weighted by molar-refractivity contribution is -0.161. The molecule has 0 saturated heterocycles. The average Bonchev–Trinajstić information content (AvgIpc) is 2.99. The molecule has 0 amide bonds. The van der Waals surface area contributed by atoms with Crippen molar-refractivity contribution in [3.8, 4) is 0 Å². The molecular weight excluding hydrogens is 524 g/mol. The Morgan fingerprint density at radius 3 is 1.57 bits per heavy atom. The lowest BCUT2D eigenvalue weighted by atomic mass is 10.1. The summed E-state index contributed by atoms with van der Waals surface area (Å²) in [6.07, 6.45) is 40.2. The lowest BCUT2D eigenvalue weighted by Crippen LogP contribution is -2.28. The number of unbranched alkanes of at least 4 members (excludes halogenated alkanes) is 14. The monoisotopic (exact) mass is 588 g/mol. The number of hydrogen-bond acceptors (Lipinski definition) is 5. The molecule has 0 spiro atoms. The average molecular weight is 589 g/mol. The molecule has 0 aliphatic carbocycles. The van der Waals surface area contributed by atoms with Crippen LogP contribution < -0.4 is 0 Å². The SMILES string of the molecule is CC/C=C\C/C=C\C/C=C\CCCCCCCC(=O)OCC(CO)OC(=O)CCCCCCC/C=C\CCCCCC. The molecule has 242 valence electrons. The van der Waals surface area contributed by atoms with Gasteiger partial charge in [0, 0.05) is 12.8 Å². The number of aliphatic hydroxyl groups is 1. The fraction of sp³-hybridized carbons (Fsp3) is 0.730. The van der Waals surface area contributed by atoms with Crippen LogP contribution in [0, 0.1) is 0 Å². The van der Waals surface area contributed by atoms with Gasteiger partial charge in [-0.05, 0) is 70.6 Å². The van der Waals surface area contributed by atoms with E-state index in [2.05, 4.69) is 62.5 Å². The Hall–Kier alpha value is -2.14. The predicted octanol–water partition coefficient (Wildman–Crippen LogP) is 10.3. The van der Waals surface area contributed by atoms with E-state index in [-0.39, 0.29) is 25.2 Å². The van der Waals surface area contributed by atoms with Gasteiger partial charge in [-0.25, -0.2) is 0 Å². The van der Waals surface area contributed by atoms with Gasteiger partial charge in [-0.15, -0.1) is 0 Å². The number of hydrogen-bond donors (Lipinski definition) is 1. The summed E-state index contributed by atoms with van der Waals surface area (Å²) in [4.78, 5) is 24.1. The molecule has 1 N–H and O–H groups in total. The number of aliphatic hydroxyl groups excluding tert-OH is 1. The minimum absolute atomic E-state index is 0.0792. The van der Waals surface area contributed by atoms with Gasteiger partial charge in [0.2, 0.25) is 0 Å². The standard InChI is InChI=1S/C37H64O5/c1-3-5-7-9-11-13-15-17-18-20-21-23-25-27-29-31-36(39)41-34-35(33-38)42-37(40)32-30-28-26-24-22-19-16-14-12-10-8-6-4-2/h5,7,11,13-14,16-18,35,38H,3-4,6,8-10,12,15,19-34H2,1-2H3/b7-5-,13-11-,16-14-,18-17-. The molecule has 0 radical (unpaired) electrons. The second-order valence-electron chi connectivity index (χ2n) is 11.2. The molecule has 0 bridgehead atoms. The fourth-order valence-electron chi connectivity index (χ4n) is 4.50. The van der Waals surface area contributed by atoms with Gasteiger partial charge < -0.3 is 14.6 Å². The molecule has 0 aromatic heterocycles. The van der Waals surface area contributed by atoms with Crippen LogP contribution in [0.4, 0.5) is 0 Å². The summed E-state index contributed by atoms with van der Waals surface area (Å²) in [7, 11) is 0. The third-order valence-electron chi connectivity index (χ3n) is 7.11. The summed E-state index contributed by atoms with van der Waals surface area (Å²) in [5.74, 6) is -0.626. The van der Waals surface area contributed by atoms with E-state index in [9.17, 15) is 14.7 Å². The van der Waals surface area contributed by atoms with Gasteiger partial charge in [0.25, 0.3) is 0 Å². The van der Waals surface area contributed by atoms with Crippen LogP contribution in [0.1, 0.15) is 155 Å². The summed E-state index contributed by atoms with van der Waals surface area (Å²) in [6.45, 7) is 3.97.